The van der Waals surface area contributed by atoms with Crippen LogP contribution in [-0.2, 0) is 4.79 Å². The monoisotopic (exact) mass is 346 g/mol. The van der Waals surface area contributed by atoms with Crippen molar-refractivity contribution in [1.29, 1.82) is 0 Å². The van der Waals surface area contributed by atoms with Crippen LogP contribution in [0, 0.1) is 0 Å². The quantitative estimate of drug-likeness (QED) is 0.226. The molecule has 0 heterocycles. The topological polar surface area (TPSA) is 57.5 Å². The highest BCUT2D eigenvalue weighted by atomic mass is 16.4. The first-order valence-electron chi connectivity index (χ1n) is 9.35. The average molecular weight is 347 g/mol. The normalized spacial score (nSPS) is 14.0. The summed E-state index contributed by atoms with van der Waals surface area (Å²) in [7, 11) is 0. The van der Waals surface area contributed by atoms with Gasteiger partial charge >= 0.3 is 5.97 Å². The highest BCUT2D eigenvalue weighted by Crippen LogP contribution is 2.01. The Hall–Kier alpha value is -1.87. The highest BCUT2D eigenvalue weighted by molar-refractivity contribution is 5.66. The van der Waals surface area contributed by atoms with Crippen LogP contribution in [-0.4, -0.2) is 22.3 Å². The summed E-state index contributed by atoms with van der Waals surface area (Å²) in [5.74, 6) is -0.796. The Balaban J connectivity index is 3.65. The smallest absolute Gasteiger partial charge is 0.303 e. The molecule has 25 heavy (non-hydrogen) atoms. The van der Waals surface area contributed by atoms with Gasteiger partial charge in [0, 0.05) is 6.42 Å². The molecule has 0 aromatic heterocycles. The molecule has 1 unspecified atom stereocenters. The van der Waals surface area contributed by atoms with Crippen molar-refractivity contribution >= 4 is 5.97 Å². The maximum absolute atomic E-state index is 10.3. The van der Waals surface area contributed by atoms with E-state index in [1.165, 1.54) is 25.7 Å². The molecule has 0 aliphatic rings. The maximum atomic E-state index is 10.3. The van der Waals surface area contributed by atoms with E-state index in [2.05, 4.69) is 37.3 Å². The Morgan fingerprint density at radius 1 is 0.880 bits per heavy atom. The van der Waals surface area contributed by atoms with Gasteiger partial charge in [-0.05, 0) is 38.5 Å². The zero-order chi connectivity index (χ0) is 18.6. The van der Waals surface area contributed by atoms with Crippen LogP contribution in [0.25, 0.3) is 0 Å². The average Bonchev–Trinajstić information content (AvgIpc) is 2.58. The summed E-state index contributed by atoms with van der Waals surface area (Å²) < 4.78 is 0. The highest BCUT2D eigenvalue weighted by Gasteiger charge is 1.93. The van der Waals surface area contributed by atoms with Gasteiger partial charge in [0.1, 0.15) is 0 Å². The van der Waals surface area contributed by atoms with Crippen LogP contribution >= 0.6 is 0 Å². The minimum Gasteiger partial charge on any atom is -0.481 e. The minimum absolute atomic E-state index is 0.137. The third kappa shape index (κ3) is 20.1. The number of allylic oxidation sites excluding steroid dienone is 8. The van der Waals surface area contributed by atoms with Crippen LogP contribution in [0.5, 0.6) is 0 Å². The summed E-state index contributed by atoms with van der Waals surface area (Å²) >= 11 is 0. The summed E-state index contributed by atoms with van der Waals surface area (Å²) in [6.45, 7) is 2.22. The van der Waals surface area contributed by atoms with E-state index >= 15 is 0 Å². The van der Waals surface area contributed by atoms with Gasteiger partial charge in [-0.25, -0.2) is 0 Å². The van der Waals surface area contributed by atoms with E-state index in [1.807, 2.05) is 6.08 Å². The molecule has 0 spiro atoms. The van der Waals surface area contributed by atoms with Crippen molar-refractivity contribution in [2.45, 2.75) is 70.8 Å². The molecule has 0 aliphatic carbocycles. The zero-order valence-electron chi connectivity index (χ0n) is 15.5. The Labute approximate surface area is 153 Å². The second-order valence-corrected chi connectivity index (χ2v) is 5.93. The van der Waals surface area contributed by atoms with Gasteiger partial charge in [0.2, 0.25) is 0 Å². The van der Waals surface area contributed by atoms with E-state index in [9.17, 15) is 9.90 Å². The zero-order valence-corrected chi connectivity index (χ0v) is 15.5. The van der Waals surface area contributed by atoms with E-state index in [0.29, 0.717) is 12.8 Å². The third-order valence-electron chi connectivity index (χ3n) is 3.50. The van der Waals surface area contributed by atoms with E-state index < -0.39 is 12.1 Å². The first-order chi connectivity index (χ1) is 12.2. The lowest BCUT2D eigenvalue weighted by Gasteiger charge is -1.98. The van der Waals surface area contributed by atoms with Gasteiger partial charge in [-0.1, -0.05) is 80.5 Å². The molecule has 0 bridgehead atoms. The molecule has 0 rings (SSSR count). The second kappa shape index (κ2) is 18.5. The predicted octanol–water partition coefficient (Wildman–Crippen LogP) is 5.74. The Bertz CT molecular complexity index is 456. The van der Waals surface area contributed by atoms with Gasteiger partial charge in [0.25, 0.3) is 0 Å². The van der Waals surface area contributed by atoms with Crippen LogP contribution < -0.4 is 0 Å². The molecule has 0 saturated heterocycles. The number of carboxylic acids is 1. The van der Waals surface area contributed by atoms with Crippen LogP contribution in [0.3, 0.4) is 0 Å². The van der Waals surface area contributed by atoms with Crippen LogP contribution in [0.15, 0.2) is 60.8 Å². The van der Waals surface area contributed by atoms with E-state index in [4.69, 9.17) is 5.11 Å². The first kappa shape index (κ1) is 23.1. The fourth-order valence-corrected chi connectivity index (χ4v) is 2.06. The van der Waals surface area contributed by atoms with Crippen LogP contribution in [0.2, 0.25) is 0 Å². The van der Waals surface area contributed by atoms with Gasteiger partial charge in [-0.2, -0.15) is 0 Å². The van der Waals surface area contributed by atoms with Crippen LogP contribution in [0.1, 0.15) is 64.7 Å². The van der Waals surface area contributed by atoms with E-state index in [1.54, 1.807) is 24.3 Å². The van der Waals surface area contributed by atoms with Gasteiger partial charge in [0.05, 0.1) is 6.10 Å². The second-order valence-electron chi connectivity index (χ2n) is 5.93. The number of aliphatic hydroxyl groups is 1. The molecule has 0 aromatic rings. The molecule has 0 aliphatic heterocycles. The number of aliphatic carboxylic acids is 1. The Kier molecular flexibility index (Phi) is 17.1. The minimum atomic E-state index is -0.796. The Morgan fingerprint density at radius 3 is 2.24 bits per heavy atom. The van der Waals surface area contributed by atoms with Crippen molar-refractivity contribution in [3.05, 3.63) is 60.8 Å². The van der Waals surface area contributed by atoms with Crippen molar-refractivity contribution in [3.63, 3.8) is 0 Å². The molecule has 0 fully saturated rings. The number of aliphatic hydroxyl groups excluding tert-OH is 1. The fraction of sp³-hybridized carbons (Fsp3) is 0.500. The first-order valence-corrected chi connectivity index (χ1v) is 9.35. The fourth-order valence-electron chi connectivity index (χ4n) is 2.06. The summed E-state index contributed by atoms with van der Waals surface area (Å²) in [4.78, 5) is 10.3. The van der Waals surface area contributed by atoms with Gasteiger partial charge < -0.3 is 10.2 Å². The van der Waals surface area contributed by atoms with Crippen molar-refractivity contribution in [2.75, 3.05) is 0 Å². The van der Waals surface area contributed by atoms with Crippen molar-refractivity contribution < 1.29 is 15.0 Å². The molecular formula is C22H34O3. The van der Waals surface area contributed by atoms with Crippen LogP contribution in [0.4, 0.5) is 0 Å². The summed E-state index contributed by atoms with van der Waals surface area (Å²) in [5, 5.41) is 18.3. The molecule has 2 N–H and O–H groups in total. The summed E-state index contributed by atoms with van der Waals surface area (Å²) in [6, 6.07) is 0. The molecular weight excluding hydrogens is 312 g/mol. The van der Waals surface area contributed by atoms with Gasteiger partial charge in [-0.3, -0.25) is 4.79 Å². The SMILES string of the molecule is CCCCCC=CCC=CCC=CCC(O)C=CC=CCCC(=O)O. The number of carboxylic acid groups (broad SMARTS) is 1. The van der Waals surface area contributed by atoms with Crippen molar-refractivity contribution in [3.8, 4) is 0 Å². The molecule has 0 saturated carbocycles. The lowest BCUT2D eigenvalue weighted by molar-refractivity contribution is -0.136. The lowest BCUT2D eigenvalue weighted by Crippen LogP contribution is -1.98. The standard InChI is InChI=1S/C22H34O3/c1-2-3-4-5-6-7-8-9-10-11-12-15-18-21(23)19-16-13-14-17-20-22(24)25/h6-7,9-10,12-16,19,21,23H,2-5,8,11,17-18,20H2,1H3,(H,24,25). The Morgan fingerprint density at radius 2 is 1.56 bits per heavy atom. The summed E-state index contributed by atoms with van der Waals surface area (Å²) in [5.41, 5.74) is 0. The number of rotatable bonds is 15. The summed E-state index contributed by atoms with van der Waals surface area (Å²) in [6.07, 6.45) is 27.5. The number of hydrogen-bond acceptors (Lipinski definition) is 2. The van der Waals surface area contributed by atoms with Crippen molar-refractivity contribution in [1.82, 2.24) is 0 Å². The molecule has 0 aromatic carbocycles. The predicted molar refractivity (Wildman–Crippen MR) is 107 cm³/mol. The molecule has 0 radical (unpaired) electrons. The van der Waals surface area contributed by atoms with E-state index in [-0.39, 0.29) is 6.42 Å². The molecule has 3 heteroatoms. The molecule has 0 amide bonds. The van der Waals surface area contributed by atoms with E-state index in [0.717, 1.165) is 12.8 Å². The number of carbonyl (C=O) groups is 1. The molecule has 1 atom stereocenters. The molecule has 140 valence electrons. The molecule has 3 nitrogen and oxygen atoms in total. The number of hydrogen-bond donors (Lipinski definition) is 2. The lowest BCUT2D eigenvalue weighted by atomic mass is 10.2. The maximum Gasteiger partial charge on any atom is 0.303 e. The third-order valence-corrected chi connectivity index (χ3v) is 3.50. The largest absolute Gasteiger partial charge is 0.481 e. The van der Waals surface area contributed by atoms with Gasteiger partial charge in [0.15, 0.2) is 0 Å². The van der Waals surface area contributed by atoms with Gasteiger partial charge in [-0.15, -0.1) is 0 Å². The number of unbranched alkanes of at least 4 members (excludes halogenated alkanes) is 3. The van der Waals surface area contributed by atoms with Crippen molar-refractivity contribution in [2.24, 2.45) is 0 Å².